The molecule has 1 unspecified atom stereocenters. The van der Waals surface area contributed by atoms with Crippen molar-refractivity contribution in [3.63, 3.8) is 0 Å². The van der Waals surface area contributed by atoms with Crippen LogP contribution in [0.4, 0.5) is 0 Å². The summed E-state index contributed by atoms with van der Waals surface area (Å²) in [5.41, 5.74) is 2.59. The SMILES string of the molecule is COc1cc(OC)c(C2c3c(c4ccccc4oc3=O)Oc3ncn4nc(-c5ccc6ccccc6c5)nc4c32)cc1OC. The van der Waals surface area contributed by atoms with Gasteiger partial charge in [0.15, 0.2) is 28.7 Å². The molecule has 4 aromatic carbocycles. The zero-order chi connectivity index (χ0) is 29.9. The van der Waals surface area contributed by atoms with Crippen LogP contribution in [0.1, 0.15) is 22.6 Å². The normalized spacial score (nSPS) is 13.8. The largest absolute Gasteiger partial charge is 0.496 e. The van der Waals surface area contributed by atoms with Crippen molar-refractivity contribution in [1.82, 2.24) is 19.6 Å². The fraction of sp³-hybridized carbons (Fsp3) is 0.118. The first-order valence-electron chi connectivity index (χ1n) is 13.9. The maximum absolute atomic E-state index is 13.8. The Hall–Kier alpha value is -5.90. The Morgan fingerprint density at radius 3 is 2.36 bits per heavy atom. The second-order valence-corrected chi connectivity index (χ2v) is 10.3. The van der Waals surface area contributed by atoms with Crippen molar-refractivity contribution < 1.29 is 23.4 Å². The number of methoxy groups -OCH3 is 3. The van der Waals surface area contributed by atoms with E-state index in [4.69, 9.17) is 33.4 Å². The number of nitrogens with zero attached hydrogens (tertiary/aromatic N) is 4. The van der Waals surface area contributed by atoms with E-state index in [9.17, 15) is 4.79 Å². The lowest BCUT2D eigenvalue weighted by molar-refractivity contribution is 0.346. The molecule has 216 valence electrons. The summed E-state index contributed by atoms with van der Waals surface area (Å²) < 4.78 is 30.9. The highest BCUT2D eigenvalue weighted by atomic mass is 16.5. The minimum absolute atomic E-state index is 0.284. The fourth-order valence-corrected chi connectivity index (χ4v) is 5.97. The van der Waals surface area contributed by atoms with E-state index in [0.717, 1.165) is 16.3 Å². The van der Waals surface area contributed by atoms with Gasteiger partial charge in [-0.3, -0.25) is 0 Å². The van der Waals surface area contributed by atoms with E-state index in [2.05, 4.69) is 11.1 Å². The van der Waals surface area contributed by atoms with Gasteiger partial charge in [-0.15, -0.1) is 5.10 Å². The Kier molecular flexibility index (Phi) is 5.77. The van der Waals surface area contributed by atoms with Gasteiger partial charge in [-0.1, -0.05) is 48.5 Å². The number of aromatic nitrogens is 4. The molecule has 0 fully saturated rings. The van der Waals surface area contributed by atoms with Crippen LogP contribution in [0.3, 0.4) is 0 Å². The van der Waals surface area contributed by atoms with Gasteiger partial charge in [-0.2, -0.15) is 0 Å². The third kappa shape index (κ3) is 3.81. The number of hydrogen-bond acceptors (Lipinski definition) is 9. The third-order valence-corrected chi connectivity index (χ3v) is 8.02. The average molecular weight is 585 g/mol. The fourth-order valence-electron chi connectivity index (χ4n) is 5.97. The van der Waals surface area contributed by atoms with Crippen LogP contribution in [0.2, 0.25) is 0 Å². The molecule has 0 bridgehead atoms. The van der Waals surface area contributed by atoms with Crippen LogP contribution in [0.15, 0.2) is 94.4 Å². The summed E-state index contributed by atoms with van der Waals surface area (Å²) in [5.74, 6) is 1.78. The molecule has 0 spiro atoms. The monoisotopic (exact) mass is 584 g/mol. The number of hydrogen-bond donors (Lipinski definition) is 0. The molecule has 3 aromatic heterocycles. The molecule has 0 amide bonds. The highest BCUT2D eigenvalue weighted by Gasteiger charge is 2.39. The van der Waals surface area contributed by atoms with Gasteiger partial charge in [0, 0.05) is 17.2 Å². The molecule has 0 aliphatic carbocycles. The molecular weight excluding hydrogens is 560 g/mol. The summed E-state index contributed by atoms with van der Waals surface area (Å²) in [7, 11) is 4.66. The molecule has 10 heteroatoms. The lowest BCUT2D eigenvalue weighted by Crippen LogP contribution is -2.23. The molecule has 0 saturated carbocycles. The third-order valence-electron chi connectivity index (χ3n) is 8.02. The molecular formula is C34H24N4O6. The van der Waals surface area contributed by atoms with Gasteiger partial charge in [0.1, 0.15) is 17.7 Å². The van der Waals surface area contributed by atoms with Crippen LogP contribution in [0.5, 0.6) is 28.9 Å². The standard InChI is InChI=1S/C34H24N4O6/c1-40-24-16-26(42-3)25(41-2)15-22(24)27-28-30(21-10-6-7-11-23(21)43-34(28)39)44-33-29(27)32-36-31(37-38(32)17-35-33)20-13-12-18-8-4-5-9-19(18)14-20/h4-17,27H,1-3H3. The molecule has 7 aromatic rings. The van der Waals surface area contributed by atoms with Crippen LogP contribution >= 0.6 is 0 Å². The van der Waals surface area contributed by atoms with Crippen LogP contribution in [0.25, 0.3) is 38.8 Å². The van der Waals surface area contributed by atoms with Crippen molar-refractivity contribution in [2.24, 2.45) is 0 Å². The Labute approximate surface area is 250 Å². The quantitative estimate of drug-likeness (QED) is 0.213. The maximum atomic E-state index is 13.8. The van der Waals surface area contributed by atoms with Crippen molar-refractivity contribution in [2.45, 2.75) is 5.92 Å². The van der Waals surface area contributed by atoms with E-state index in [1.165, 1.54) is 0 Å². The van der Waals surface area contributed by atoms with Gasteiger partial charge in [0.25, 0.3) is 0 Å². The van der Waals surface area contributed by atoms with E-state index in [-0.39, 0.29) is 5.56 Å². The molecule has 44 heavy (non-hydrogen) atoms. The molecule has 1 aliphatic rings. The molecule has 0 saturated heterocycles. The number of ether oxygens (including phenoxy) is 4. The van der Waals surface area contributed by atoms with Crippen molar-refractivity contribution >= 4 is 27.4 Å². The number of rotatable bonds is 5. The second kappa shape index (κ2) is 9.84. The zero-order valence-corrected chi connectivity index (χ0v) is 23.9. The molecule has 1 aliphatic heterocycles. The number of fused-ring (bicyclic) bond motifs is 7. The van der Waals surface area contributed by atoms with Gasteiger partial charge >= 0.3 is 5.63 Å². The minimum atomic E-state index is -0.769. The smallest absolute Gasteiger partial charge is 0.344 e. The molecule has 8 rings (SSSR count). The topological polar surface area (TPSA) is 110 Å². The van der Waals surface area contributed by atoms with Crippen molar-refractivity contribution in [2.75, 3.05) is 21.3 Å². The van der Waals surface area contributed by atoms with Crippen molar-refractivity contribution in [3.05, 3.63) is 112 Å². The van der Waals surface area contributed by atoms with Gasteiger partial charge in [-0.05, 0) is 35.0 Å². The second-order valence-electron chi connectivity index (χ2n) is 10.3. The highest BCUT2D eigenvalue weighted by Crippen LogP contribution is 2.52. The van der Waals surface area contributed by atoms with Crippen LogP contribution in [-0.4, -0.2) is 40.9 Å². The van der Waals surface area contributed by atoms with Crippen LogP contribution in [0, 0.1) is 0 Å². The Morgan fingerprint density at radius 1 is 0.795 bits per heavy atom. The molecule has 0 N–H and O–H groups in total. The van der Waals surface area contributed by atoms with Crippen molar-refractivity contribution in [3.8, 4) is 40.3 Å². The van der Waals surface area contributed by atoms with E-state index >= 15 is 0 Å². The summed E-state index contributed by atoms with van der Waals surface area (Å²) in [6.45, 7) is 0. The summed E-state index contributed by atoms with van der Waals surface area (Å²) in [6, 6.07) is 24.9. The first-order chi connectivity index (χ1) is 21.6. The molecule has 10 nitrogen and oxygen atoms in total. The predicted octanol–water partition coefficient (Wildman–Crippen LogP) is 6.36. The molecule has 0 radical (unpaired) electrons. The van der Waals surface area contributed by atoms with E-state index in [1.54, 1.807) is 56.4 Å². The average Bonchev–Trinajstić information content (AvgIpc) is 3.51. The van der Waals surface area contributed by atoms with Gasteiger partial charge in [0.2, 0.25) is 5.88 Å². The van der Waals surface area contributed by atoms with Crippen LogP contribution < -0.4 is 24.6 Å². The van der Waals surface area contributed by atoms with Gasteiger partial charge < -0.3 is 23.4 Å². The first kappa shape index (κ1) is 25.8. The highest BCUT2D eigenvalue weighted by molar-refractivity contribution is 5.88. The molecule has 1 atom stereocenters. The Morgan fingerprint density at radius 2 is 1.55 bits per heavy atom. The Balaban J connectivity index is 1.43. The predicted molar refractivity (Wildman–Crippen MR) is 163 cm³/mol. The van der Waals surface area contributed by atoms with E-state index < -0.39 is 11.5 Å². The maximum Gasteiger partial charge on any atom is 0.344 e. The van der Waals surface area contributed by atoms with Crippen LogP contribution in [-0.2, 0) is 0 Å². The summed E-state index contributed by atoms with van der Waals surface area (Å²) >= 11 is 0. The Bertz CT molecular complexity index is 2330. The van der Waals surface area contributed by atoms with E-state index in [1.807, 2.05) is 48.5 Å². The minimum Gasteiger partial charge on any atom is -0.496 e. The summed E-state index contributed by atoms with van der Waals surface area (Å²) in [5, 5.41) is 7.59. The first-order valence-corrected chi connectivity index (χ1v) is 13.9. The van der Waals surface area contributed by atoms with Crippen molar-refractivity contribution in [1.29, 1.82) is 0 Å². The zero-order valence-electron chi connectivity index (χ0n) is 23.9. The van der Waals surface area contributed by atoms with E-state index in [0.29, 0.717) is 62.4 Å². The lowest BCUT2D eigenvalue weighted by atomic mass is 9.83. The van der Waals surface area contributed by atoms with Gasteiger partial charge in [0.05, 0.1) is 43.8 Å². The lowest BCUT2D eigenvalue weighted by Gasteiger charge is -2.28. The number of benzene rings is 4. The summed E-state index contributed by atoms with van der Waals surface area (Å²) in [4.78, 5) is 23.5. The number of para-hydroxylation sites is 1. The summed E-state index contributed by atoms with van der Waals surface area (Å²) in [6.07, 6.45) is 1.56. The molecule has 4 heterocycles. The van der Waals surface area contributed by atoms with Gasteiger partial charge in [-0.25, -0.2) is 19.3 Å².